The quantitative estimate of drug-likeness (QED) is 0.445. The summed E-state index contributed by atoms with van der Waals surface area (Å²) < 4.78 is 33.3. The fourth-order valence-electron chi connectivity index (χ4n) is 3.09. The van der Waals surface area contributed by atoms with E-state index in [1.807, 2.05) is 19.9 Å². The summed E-state index contributed by atoms with van der Waals surface area (Å²) in [6.07, 6.45) is 3.70. The number of aryl methyl sites for hydroxylation is 2. The normalized spacial score (nSPS) is 11.7. The lowest BCUT2D eigenvalue weighted by Gasteiger charge is -2.12. The molecule has 0 bridgehead atoms. The Labute approximate surface area is 176 Å². The lowest BCUT2D eigenvalue weighted by atomic mass is 10.00. The maximum absolute atomic E-state index is 12.7. The standard InChI is InChI=1S/C21H26N4O4S/c1-14-6-7-17(30(27,28)24-8-4-3-5-9-26)12-18(14)16-11-19(21(22)23-13-16)20-10-15(2)25-29-20/h6-7,10-13,24,26H,3-5,8-9H2,1-2H3,(H2,22,23). The molecular formula is C21H26N4O4S. The predicted octanol–water partition coefficient (Wildman–Crippen LogP) is 3.04. The van der Waals surface area contributed by atoms with Gasteiger partial charge in [0.25, 0.3) is 0 Å². The van der Waals surface area contributed by atoms with Crippen LogP contribution in [0.25, 0.3) is 22.5 Å². The van der Waals surface area contributed by atoms with Gasteiger partial charge in [-0.05, 0) is 62.4 Å². The molecule has 4 N–H and O–H groups in total. The van der Waals surface area contributed by atoms with Crippen LogP contribution in [-0.2, 0) is 10.0 Å². The molecular weight excluding hydrogens is 404 g/mol. The molecule has 3 aromatic rings. The van der Waals surface area contributed by atoms with Crippen molar-refractivity contribution in [2.75, 3.05) is 18.9 Å². The molecule has 0 spiro atoms. The number of nitrogens with one attached hydrogen (secondary N) is 1. The molecule has 1 aromatic carbocycles. The third-order valence-corrected chi connectivity index (χ3v) is 6.23. The van der Waals surface area contributed by atoms with E-state index in [2.05, 4.69) is 14.9 Å². The lowest BCUT2D eigenvalue weighted by Crippen LogP contribution is -2.24. The van der Waals surface area contributed by atoms with Crippen molar-refractivity contribution in [3.63, 3.8) is 0 Å². The number of nitrogen functional groups attached to an aromatic ring is 1. The predicted molar refractivity (Wildman–Crippen MR) is 115 cm³/mol. The lowest BCUT2D eigenvalue weighted by molar-refractivity contribution is 0.283. The second-order valence-electron chi connectivity index (χ2n) is 7.15. The van der Waals surface area contributed by atoms with Crippen LogP contribution >= 0.6 is 0 Å². The Balaban J connectivity index is 1.90. The molecule has 30 heavy (non-hydrogen) atoms. The van der Waals surface area contributed by atoms with Gasteiger partial charge in [-0.25, -0.2) is 18.1 Å². The molecule has 8 nitrogen and oxygen atoms in total. The topological polar surface area (TPSA) is 131 Å². The van der Waals surface area contributed by atoms with Crippen molar-refractivity contribution in [3.05, 3.63) is 47.8 Å². The minimum absolute atomic E-state index is 0.110. The second kappa shape index (κ2) is 9.38. The van der Waals surface area contributed by atoms with Gasteiger partial charge in [-0.1, -0.05) is 11.2 Å². The van der Waals surface area contributed by atoms with Crippen molar-refractivity contribution in [2.45, 2.75) is 38.0 Å². The van der Waals surface area contributed by atoms with Crippen LogP contribution in [-0.4, -0.2) is 36.8 Å². The molecule has 3 rings (SSSR count). The highest BCUT2D eigenvalue weighted by molar-refractivity contribution is 7.89. The van der Waals surface area contributed by atoms with Crippen LogP contribution < -0.4 is 10.5 Å². The number of anilines is 1. The van der Waals surface area contributed by atoms with E-state index < -0.39 is 10.0 Å². The Morgan fingerprint density at radius 2 is 1.90 bits per heavy atom. The van der Waals surface area contributed by atoms with Crippen LogP contribution in [0.3, 0.4) is 0 Å². The Bertz CT molecular complexity index is 1130. The fourth-order valence-corrected chi connectivity index (χ4v) is 4.19. The molecule has 0 aliphatic heterocycles. The Kier molecular flexibility index (Phi) is 6.86. The number of aliphatic hydroxyl groups is 1. The van der Waals surface area contributed by atoms with Gasteiger partial charge in [0.1, 0.15) is 5.82 Å². The number of hydrogen-bond donors (Lipinski definition) is 3. The van der Waals surface area contributed by atoms with E-state index in [1.54, 1.807) is 30.5 Å². The van der Waals surface area contributed by atoms with Gasteiger partial charge in [0, 0.05) is 31.0 Å². The van der Waals surface area contributed by atoms with Gasteiger partial charge in [-0.15, -0.1) is 0 Å². The molecule has 2 aromatic heterocycles. The van der Waals surface area contributed by atoms with Crippen LogP contribution in [0.15, 0.2) is 45.9 Å². The second-order valence-corrected chi connectivity index (χ2v) is 8.92. The number of nitrogens with zero attached hydrogens (tertiary/aromatic N) is 2. The molecule has 0 radical (unpaired) electrons. The molecule has 0 saturated heterocycles. The third-order valence-electron chi connectivity index (χ3n) is 4.77. The van der Waals surface area contributed by atoms with Gasteiger partial charge in [0.05, 0.1) is 16.2 Å². The van der Waals surface area contributed by atoms with Gasteiger partial charge >= 0.3 is 0 Å². The van der Waals surface area contributed by atoms with Crippen molar-refractivity contribution in [3.8, 4) is 22.5 Å². The number of sulfonamides is 1. The van der Waals surface area contributed by atoms with Crippen molar-refractivity contribution < 1.29 is 18.0 Å². The highest BCUT2D eigenvalue weighted by Crippen LogP contribution is 2.32. The number of benzene rings is 1. The first kappa shape index (κ1) is 21.9. The first-order valence-corrected chi connectivity index (χ1v) is 11.2. The van der Waals surface area contributed by atoms with Gasteiger partial charge < -0.3 is 15.4 Å². The van der Waals surface area contributed by atoms with E-state index in [-0.39, 0.29) is 11.5 Å². The van der Waals surface area contributed by atoms with Crippen molar-refractivity contribution in [1.82, 2.24) is 14.9 Å². The SMILES string of the molecule is Cc1cc(-c2cc(-c3cc(S(=O)(=O)NCCCCCO)ccc3C)cnc2N)on1. The third kappa shape index (κ3) is 5.05. The Morgan fingerprint density at radius 3 is 2.60 bits per heavy atom. The van der Waals surface area contributed by atoms with Gasteiger partial charge in [-0.2, -0.15) is 0 Å². The molecule has 0 saturated carbocycles. The zero-order valence-corrected chi connectivity index (χ0v) is 17.9. The number of aromatic nitrogens is 2. The molecule has 0 aliphatic rings. The van der Waals surface area contributed by atoms with Crippen LogP contribution in [0.1, 0.15) is 30.5 Å². The molecule has 0 aliphatic carbocycles. The number of rotatable bonds is 9. The van der Waals surface area contributed by atoms with Gasteiger partial charge in [0.2, 0.25) is 10.0 Å². The zero-order valence-electron chi connectivity index (χ0n) is 17.1. The molecule has 2 heterocycles. The average molecular weight is 431 g/mol. The first-order chi connectivity index (χ1) is 14.3. The zero-order chi connectivity index (χ0) is 21.7. The van der Waals surface area contributed by atoms with Crippen molar-refractivity contribution in [2.24, 2.45) is 0 Å². The summed E-state index contributed by atoms with van der Waals surface area (Å²) >= 11 is 0. The van der Waals surface area contributed by atoms with E-state index >= 15 is 0 Å². The summed E-state index contributed by atoms with van der Waals surface area (Å²) in [5.41, 5.74) is 9.71. The number of nitrogens with two attached hydrogens (primary N) is 1. The minimum Gasteiger partial charge on any atom is -0.396 e. The maximum Gasteiger partial charge on any atom is 0.240 e. The van der Waals surface area contributed by atoms with Crippen molar-refractivity contribution >= 4 is 15.8 Å². The van der Waals surface area contributed by atoms with Gasteiger partial charge in [-0.3, -0.25) is 0 Å². The van der Waals surface area contributed by atoms with E-state index in [1.165, 1.54) is 0 Å². The number of aliphatic hydroxyl groups excluding tert-OH is 1. The molecule has 160 valence electrons. The number of hydrogen-bond acceptors (Lipinski definition) is 7. The fraction of sp³-hybridized carbons (Fsp3) is 0.333. The molecule has 9 heteroatoms. The van der Waals surface area contributed by atoms with E-state index in [4.69, 9.17) is 15.4 Å². The largest absolute Gasteiger partial charge is 0.396 e. The Hall–Kier alpha value is -2.75. The van der Waals surface area contributed by atoms with E-state index in [0.29, 0.717) is 36.5 Å². The van der Waals surface area contributed by atoms with Crippen molar-refractivity contribution in [1.29, 1.82) is 0 Å². The van der Waals surface area contributed by atoms with Crippen LogP contribution in [0, 0.1) is 13.8 Å². The first-order valence-electron chi connectivity index (χ1n) is 9.72. The number of pyridine rings is 1. The van der Waals surface area contributed by atoms with E-state index in [0.717, 1.165) is 28.8 Å². The smallest absolute Gasteiger partial charge is 0.240 e. The summed E-state index contributed by atoms with van der Waals surface area (Å²) in [7, 11) is -3.65. The summed E-state index contributed by atoms with van der Waals surface area (Å²) in [5.74, 6) is 0.811. The van der Waals surface area contributed by atoms with Crippen LogP contribution in [0.5, 0.6) is 0 Å². The van der Waals surface area contributed by atoms with Gasteiger partial charge in [0.15, 0.2) is 5.76 Å². The molecule has 0 atom stereocenters. The number of unbranched alkanes of at least 4 members (excludes halogenated alkanes) is 2. The Morgan fingerprint density at radius 1 is 1.10 bits per heavy atom. The summed E-state index contributed by atoms with van der Waals surface area (Å²) in [6, 6.07) is 8.58. The molecule has 0 unspecified atom stereocenters. The van der Waals surface area contributed by atoms with E-state index in [9.17, 15) is 8.42 Å². The van der Waals surface area contributed by atoms with Crippen LogP contribution in [0.4, 0.5) is 5.82 Å². The summed E-state index contributed by atoms with van der Waals surface area (Å²) in [6.45, 7) is 4.15. The van der Waals surface area contributed by atoms with Crippen LogP contribution in [0.2, 0.25) is 0 Å². The minimum atomic E-state index is -3.65. The maximum atomic E-state index is 12.7. The molecule has 0 amide bonds. The highest BCUT2D eigenvalue weighted by atomic mass is 32.2. The monoisotopic (exact) mass is 430 g/mol. The summed E-state index contributed by atoms with van der Waals surface area (Å²) in [5, 5.41) is 12.7. The average Bonchev–Trinajstić information content (AvgIpc) is 3.14. The summed E-state index contributed by atoms with van der Waals surface area (Å²) in [4.78, 5) is 4.44. The molecule has 0 fully saturated rings. The highest BCUT2D eigenvalue weighted by Gasteiger charge is 2.17.